The summed E-state index contributed by atoms with van der Waals surface area (Å²) in [4.78, 5) is 19.2. The van der Waals surface area contributed by atoms with Gasteiger partial charge in [0.15, 0.2) is 5.65 Å². The first-order chi connectivity index (χ1) is 16.7. The molecule has 1 saturated heterocycles. The Hall–Kier alpha value is -3.00. The number of carbonyl (C=O) groups excluding carboxylic acids is 1. The van der Waals surface area contributed by atoms with Gasteiger partial charge in [0.1, 0.15) is 11.3 Å². The lowest BCUT2D eigenvalue weighted by Gasteiger charge is -2.26. The Morgan fingerprint density at radius 2 is 1.76 bits per heavy atom. The fourth-order valence-corrected chi connectivity index (χ4v) is 5.31. The van der Waals surface area contributed by atoms with Gasteiger partial charge >= 0.3 is 0 Å². The van der Waals surface area contributed by atoms with Crippen LogP contribution in [0.4, 0.5) is 4.39 Å². The Morgan fingerprint density at radius 1 is 0.971 bits per heavy atom. The molecule has 0 saturated carbocycles. The summed E-state index contributed by atoms with van der Waals surface area (Å²) in [5.41, 5.74) is 3.58. The van der Waals surface area contributed by atoms with Crippen LogP contribution in [0.3, 0.4) is 0 Å². The van der Waals surface area contributed by atoms with Crippen LogP contribution < -0.4 is 0 Å². The predicted octanol–water partition coefficient (Wildman–Crippen LogP) is 5.44. The van der Waals surface area contributed by atoms with E-state index in [1.54, 1.807) is 23.9 Å². The van der Waals surface area contributed by atoms with Gasteiger partial charge in [-0.15, -0.1) is 10.2 Å². The molecule has 0 unspecified atom stereocenters. The number of aromatic nitrogens is 4. The molecule has 0 atom stereocenters. The highest BCUT2D eigenvalue weighted by Gasteiger charge is 2.17. The maximum absolute atomic E-state index is 13.4. The van der Waals surface area contributed by atoms with Crippen LogP contribution in [-0.2, 0) is 11.3 Å². The van der Waals surface area contributed by atoms with E-state index in [-0.39, 0.29) is 11.7 Å². The second-order valence-electron chi connectivity index (χ2n) is 8.74. The maximum atomic E-state index is 13.4. The van der Waals surface area contributed by atoms with Gasteiger partial charge in [0.2, 0.25) is 11.1 Å². The average molecular weight is 478 g/mol. The van der Waals surface area contributed by atoms with Gasteiger partial charge in [-0.05, 0) is 55.9 Å². The molecular formula is C26H28FN5OS. The average Bonchev–Trinajstić information content (AvgIpc) is 3.18. The Labute approximate surface area is 202 Å². The first-order valence-electron chi connectivity index (χ1n) is 12.0. The summed E-state index contributed by atoms with van der Waals surface area (Å²) >= 11 is 1.58. The van der Waals surface area contributed by atoms with Gasteiger partial charge in [0, 0.05) is 37.2 Å². The van der Waals surface area contributed by atoms with Gasteiger partial charge in [0.05, 0.1) is 5.52 Å². The molecule has 1 aliphatic rings. The van der Waals surface area contributed by atoms with Crippen LogP contribution in [0.2, 0.25) is 0 Å². The standard InChI is InChI=1S/C26H28FN5OS/c27-20-13-11-19(12-14-20)18-32-22-9-3-2-8-21(22)24-25(32)28-26(30-29-24)34-17-7-4-10-23(33)31-15-5-1-6-16-31/h2-3,8-9,11-14H,1,4-7,10,15-18H2. The van der Waals surface area contributed by atoms with E-state index in [0.717, 1.165) is 72.2 Å². The lowest BCUT2D eigenvalue weighted by atomic mass is 10.1. The van der Waals surface area contributed by atoms with E-state index >= 15 is 0 Å². The van der Waals surface area contributed by atoms with Crippen LogP contribution in [0.15, 0.2) is 53.7 Å². The Balaban J connectivity index is 1.27. The fraction of sp³-hybridized carbons (Fsp3) is 0.385. The minimum absolute atomic E-state index is 0.244. The van der Waals surface area contributed by atoms with E-state index < -0.39 is 0 Å². The van der Waals surface area contributed by atoms with Crippen LogP contribution >= 0.6 is 11.8 Å². The predicted molar refractivity (Wildman–Crippen MR) is 133 cm³/mol. The van der Waals surface area contributed by atoms with E-state index in [4.69, 9.17) is 4.98 Å². The molecule has 6 nitrogen and oxygen atoms in total. The number of unbranched alkanes of at least 4 members (excludes halogenated alkanes) is 1. The lowest BCUT2D eigenvalue weighted by Crippen LogP contribution is -2.35. The molecule has 0 bridgehead atoms. The highest BCUT2D eigenvalue weighted by atomic mass is 32.2. The van der Waals surface area contributed by atoms with Gasteiger partial charge in [0.25, 0.3) is 0 Å². The second kappa shape index (κ2) is 10.5. The molecule has 2 aromatic heterocycles. The van der Waals surface area contributed by atoms with Gasteiger partial charge in [-0.2, -0.15) is 0 Å². The summed E-state index contributed by atoms with van der Waals surface area (Å²) in [6, 6.07) is 14.6. The largest absolute Gasteiger partial charge is 0.343 e. The fourth-order valence-electron chi connectivity index (χ4n) is 4.53. The van der Waals surface area contributed by atoms with Crippen molar-refractivity contribution in [2.75, 3.05) is 18.8 Å². The molecule has 0 aliphatic carbocycles. The van der Waals surface area contributed by atoms with E-state index in [1.807, 2.05) is 29.2 Å². The Bertz CT molecular complexity index is 1280. The summed E-state index contributed by atoms with van der Waals surface area (Å²) in [6.45, 7) is 2.41. The number of amides is 1. The zero-order valence-electron chi connectivity index (χ0n) is 19.1. The quantitative estimate of drug-likeness (QED) is 0.250. The topological polar surface area (TPSA) is 63.9 Å². The third-order valence-corrected chi connectivity index (χ3v) is 7.26. The minimum Gasteiger partial charge on any atom is -0.343 e. The van der Waals surface area contributed by atoms with Crippen LogP contribution in [-0.4, -0.2) is 49.4 Å². The summed E-state index contributed by atoms with van der Waals surface area (Å²) in [5, 5.41) is 10.5. The molecule has 1 amide bonds. The van der Waals surface area contributed by atoms with Crippen molar-refractivity contribution >= 4 is 39.7 Å². The smallest absolute Gasteiger partial charge is 0.222 e. The van der Waals surface area contributed by atoms with Crippen molar-refractivity contribution < 1.29 is 9.18 Å². The number of hydrogen-bond donors (Lipinski definition) is 0. The van der Waals surface area contributed by atoms with Crippen molar-refractivity contribution in [3.63, 3.8) is 0 Å². The van der Waals surface area contributed by atoms with Crippen LogP contribution in [0, 0.1) is 5.82 Å². The van der Waals surface area contributed by atoms with Gasteiger partial charge < -0.3 is 9.47 Å². The van der Waals surface area contributed by atoms with Crippen LogP contribution in [0.5, 0.6) is 0 Å². The zero-order chi connectivity index (χ0) is 23.3. The minimum atomic E-state index is -0.244. The van der Waals surface area contributed by atoms with Crippen molar-refractivity contribution in [1.82, 2.24) is 24.6 Å². The summed E-state index contributed by atoms with van der Waals surface area (Å²) in [5.74, 6) is 0.888. The lowest BCUT2D eigenvalue weighted by molar-refractivity contribution is -0.132. The first-order valence-corrected chi connectivity index (χ1v) is 12.9. The SMILES string of the molecule is O=C(CCCCSc1nnc2c3ccccc3n(Cc3ccc(F)cc3)c2n1)N1CCCCC1. The molecular weight excluding hydrogens is 449 g/mol. The van der Waals surface area contributed by atoms with Crippen molar-refractivity contribution in [3.8, 4) is 0 Å². The molecule has 0 radical (unpaired) electrons. The number of para-hydroxylation sites is 1. The molecule has 2 aromatic carbocycles. The zero-order valence-corrected chi connectivity index (χ0v) is 19.9. The number of rotatable bonds is 8. The van der Waals surface area contributed by atoms with Crippen molar-refractivity contribution in [3.05, 3.63) is 59.9 Å². The third-order valence-electron chi connectivity index (χ3n) is 6.33. The first kappa shape index (κ1) is 22.8. The Morgan fingerprint density at radius 3 is 2.59 bits per heavy atom. The molecule has 1 fully saturated rings. The molecule has 176 valence electrons. The highest BCUT2D eigenvalue weighted by Crippen LogP contribution is 2.28. The van der Waals surface area contributed by atoms with E-state index in [9.17, 15) is 9.18 Å². The van der Waals surface area contributed by atoms with Crippen LogP contribution in [0.1, 0.15) is 44.1 Å². The number of fused-ring (bicyclic) bond motifs is 3. The molecule has 0 spiro atoms. The summed E-state index contributed by atoms with van der Waals surface area (Å²) in [7, 11) is 0. The van der Waals surface area contributed by atoms with E-state index in [0.29, 0.717) is 18.1 Å². The molecule has 4 aromatic rings. The number of carbonyl (C=O) groups is 1. The van der Waals surface area contributed by atoms with Crippen molar-refractivity contribution in [1.29, 1.82) is 0 Å². The molecule has 34 heavy (non-hydrogen) atoms. The van der Waals surface area contributed by atoms with Gasteiger partial charge in [-0.3, -0.25) is 4.79 Å². The molecule has 3 heterocycles. The molecule has 1 aliphatic heterocycles. The van der Waals surface area contributed by atoms with Gasteiger partial charge in [-0.25, -0.2) is 9.37 Å². The highest BCUT2D eigenvalue weighted by molar-refractivity contribution is 7.99. The second-order valence-corrected chi connectivity index (χ2v) is 9.81. The number of nitrogens with zero attached hydrogens (tertiary/aromatic N) is 5. The van der Waals surface area contributed by atoms with E-state index in [1.165, 1.54) is 18.6 Å². The Kier molecular flexibility index (Phi) is 7.04. The number of halogens is 1. The molecule has 8 heteroatoms. The van der Waals surface area contributed by atoms with Crippen molar-refractivity contribution in [2.24, 2.45) is 0 Å². The van der Waals surface area contributed by atoms with E-state index in [2.05, 4.69) is 14.8 Å². The monoisotopic (exact) mass is 477 g/mol. The number of piperidine rings is 1. The van der Waals surface area contributed by atoms with Crippen molar-refractivity contribution in [2.45, 2.75) is 50.2 Å². The van der Waals surface area contributed by atoms with Gasteiger partial charge in [-0.1, -0.05) is 42.1 Å². The van der Waals surface area contributed by atoms with Crippen LogP contribution in [0.25, 0.3) is 22.1 Å². The number of likely N-dealkylation sites (tertiary alicyclic amines) is 1. The maximum Gasteiger partial charge on any atom is 0.222 e. The number of thioether (sulfide) groups is 1. The molecule has 0 N–H and O–H groups in total. The third kappa shape index (κ3) is 5.06. The summed E-state index contributed by atoms with van der Waals surface area (Å²) in [6.07, 6.45) is 5.93. The normalized spacial score (nSPS) is 14.2. The molecule has 5 rings (SSSR count). The summed E-state index contributed by atoms with van der Waals surface area (Å²) < 4.78 is 15.5. The number of hydrogen-bond acceptors (Lipinski definition) is 5. The number of benzene rings is 2.